The van der Waals surface area contributed by atoms with Gasteiger partial charge >= 0.3 is 7.12 Å². The summed E-state index contributed by atoms with van der Waals surface area (Å²) in [6.07, 6.45) is 4.17. The van der Waals surface area contributed by atoms with Crippen molar-refractivity contribution in [1.82, 2.24) is 0 Å². The minimum atomic E-state index is -0.289. The van der Waals surface area contributed by atoms with Crippen LogP contribution >= 0.6 is 0 Å². The number of hydrogen-bond acceptors (Lipinski definition) is 2. The van der Waals surface area contributed by atoms with Crippen LogP contribution in [0.25, 0.3) is 0 Å². The molecule has 0 radical (unpaired) electrons. The second-order valence-corrected chi connectivity index (χ2v) is 7.42. The summed E-state index contributed by atoms with van der Waals surface area (Å²) >= 11 is 0. The first-order valence-corrected chi connectivity index (χ1v) is 7.12. The highest BCUT2D eigenvalue weighted by atomic mass is 16.7. The van der Waals surface area contributed by atoms with Gasteiger partial charge in [0.25, 0.3) is 0 Å². The van der Waals surface area contributed by atoms with Crippen LogP contribution in [0.2, 0.25) is 0 Å². The van der Waals surface area contributed by atoms with E-state index in [1.54, 1.807) is 0 Å². The molecule has 0 aromatic heterocycles. The van der Waals surface area contributed by atoms with Crippen molar-refractivity contribution >= 4 is 7.12 Å². The van der Waals surface area contributed by atoms with E-state index >= 15 is 0 Å². The number of hydrogen-bond donors (Lipinski definition) is 0. The van der Waals surface area contributed by atoms with Gasteiger partial charge < -0.3 is 9.31 Å². The standard InChI is InChI=1S/C16H29BO2/c1-10-11-13(12(2)14(3,4)5)17-18-15(6,7)16(8,9)19-17/h10-11H,1-9H3. The largest absolute Gasteiger partial charge is 0.494 e. The van der Waals surface area contributed by atoms with E-state index in [1.807, 2.05) is 6.92 Å². The van der Waals surface area contributed by atoms with Crippen molar-refractivity contribution < 1.29 is 9.31 Å². The predicted octanol–water partition coefficient (Wildman–Crippen LogP) is 4.56. The molecule has 0 spiro atoms. The van der Waals surface area contributed by atoms with Crippen molar-refractivity contribution in [1.29, 1.82) is 0 Å². The first kappa shape index (κ1) is 16.5. The Hall–Kier alpha value is -0.535. The van der Waals surface area contributed by atoms with Gasteiger partial charge in [0.15, 0.2) is 0 Å². The summed E-state index contributed by atoms with van der Waals surface area (Å²) < 4.78 is 12.3. The second-order valence-electron chi connectivity index (χ2n) is 7.42. The van der Waals surface area contributed by atoms with Crippen LogP contribution in [0.3, 0.4) is 0 Å². The Labute approximate surface area is 119 Å². The molecule has 108 valence electrons. The van der Waals surface area contributed by atoms with Gasteiger partial charge in [-0.25, -0.2) is 0 Å². The van der Waals surface area contributed by atoms with Crippen LogP contribution in [0.15, 0.2) is 23.2 Å². The Morgan fingerprint density at radius 2 is 1.42 bits per heavy atom. The van der Waals surface area contributed by atoms with Gasteiger partial charge in [0.1, 0.15) is 0 Å². The Morgan fingerprint density at radius 1 is 1.00 bits per heavy atom. The number of rotatable bonds is 2. The molecule has 1 aliphatic rings. The summed E-state index contributed by atoms with van der Waals surface area (Å²) in [6, 6.07) is 0. The van der Waals surface area contributed by atoms with Crippen molar-refractivity contribution in [3.63, 3.8) is 0 Å². The lowest BCUT2D eigenvalue weighted by molar-refractivity contribution is 0.00578. The van der Waals surface area contributed by atoms with Crippen LogP contribution in [-0.4, -0.2) is 18.3 Å². The molecule has 0 aromatic rings. The molecular weight excluding hydrogens is 235 g/mol. The molecule has 0 N–H and O–H groups in total. The zero-order chi connectivity index (χ0) is 15.1. The van der Waals surface area contributed by atoms with E-state index in [9.17, 15) is 0 Å². The van der Waals surface area contributed by atoms with E-state index in [2.05, 4.69) is 67.5 Å². The van der Waals surface area contributed by atoms with Gasteiger partial charge in [-0.15, -0.1) is 0 Å². The Bertz CT molecular complexity index is 381. The maximum atomic E-state index is 6.16. The quantitative estimate of drug-likeness (QED) is 0.537. The van der Waals surface area contributed by atoms with Crippen molar-refractivity contribution in [3.05, 3.63) is 23.2 Å². The lowest BCUT2D eigenvalue weighted by Gasteiger charge is -2.32. The summed E-state index contributed by atoms with van der Waals surface area (Å²) in [6.45, 7) is 19.2. The molecule has 2 nitrogen and oxygen atoms in total. The van der Waals surface area contributed by atoms with Gasteiger partial charge in [-0.1, -0.05) is 38.5 Å². The highest BCUT2D eigenvalue weighted by Crippen LogP contribution is 2.41. The van der Waals surface area contributed by atoms with E-state index in [0.29, 0.717) is 0 Å². The maximum absolute atomic E-state index is 6.16. The molecule has 0 atom stereocenters. The molecule has 3 heteroatoms. The van der Waals surface area contributed by atoms with Crippen LogP contribution in [-0.2, 0) is 9.31 Å². The fraction of sp³-hybridized carbons (Fsp3) is 0.750. The van der Waals surface area contributed by atoms with E-state index in [0.717, 1.165) is 5.47 Å². The predicted molar refractivity (Wildman–Crippen MR) is 83.1 cm³/mol. The van der Waals surface area contributed by atoms with Gasteiger partial charge in [0.05, 0.1) is 11.2 Å². The smallest absolute Gasteiger partial charge is 0.399 e. The third-order valence-electron chi connectivity index (χ3n) is 4.41. The summed E-state index contributed by atoms with van der Waals surface area (Å²) in [5, 5.41) is 0. The fourth-order valence-electron chi connectivity index (χ4n) is 1.96. The molecule has 1 fully saturated rings. The van der Waals surface area contributed by atoms with Crippen LogP contribution in [0.1, 0.15) is 62.3 Å². The maximum Gasteiger partial charge on any atom is 0.494 e. The molecule has 0 amide bonds. The second kappa shape index (κ2) is 5.10. The average molecular weight is 264 g/mol. The molecule has 0 aliphatic carbocycles. The van der Waals surface area contributed by atoms with Crippen LogP contribution < -0.4 is 0 Å². The van der Waals surface area contributed by atoms with E-state index in [1.165, 1.54) is 5.57 Å². The van der Waals surface area contributed by atoms with E-state index in [4.69, 9.17) is 9.31 Å². The molecule has 0 bridgehead atoms. The van der Waals surface area contributed by atoms with Crippen LogP contribution in [0.4, 0.5) is 0 Å². The van der Waals surface area contributed by atoms with Gasteiger partial charge in [0.2, 0.25) is 0 Å². The first-order chi connectivity index (χ1) is 8.42. The normalized spacial score (nSPS) is 23.9. The highest BCUT2D eigenvalue weighted by Gasteiger charge is 2.52. The molecular formula is C16H29BO2. The third kappa shape index (κ3) is 3.32. The molecule has 0 saturated carbocycles. The van der Waals surface area contributed by atoms with Crippen LogP contribution in [0.5, 0.6) is 0 Å². The average Bonchev–Trinajstić information content (AvgIpc) is 2.42. The Morgan fingerprint density at radius 3 is 1.74 bits per heavy atom. The topological polar surface area (TPSA) is 18.5 Å². The Balaban J connectivity index is 3.19. The molecule has 1 heterocycles. The fourth-order valence-corrected chi connectivity index (χ4v) is 1.96. The number of allylic oxidation sites excluding steroid dienone is 4. The summed E-state index contributed by atoms with van der Waals surface area (Å²) in [5.74, 6) is 0. The molecule has 0 unspecified atom stereocenters. The summed E-state index contributed by atoms with van der Waals surface area (Å²) in [4.78, 5) is 0. The zero-order valence-corrected chi connectivity index (χ0v) is 14.0. The van der Waals surface area contributed by atoms with Crippen molar-refractivity contribution in [2.24, 2.45) is 5.41 Å². The highest BCUT2D eigenvalue weighted by molar-refractivity contribution is 6.55. The van der Waals surface area contributed by atoms with E-state index in [-0.39, 0.29) is 23.7 Å². The minimum absolute atomic E-state index is 0.110. The van der Waals surface area contributed by atoms with E-state index < -0.39 is 0 Å². The SMILES string of the molecule is CC=CC(B1OC(C)(C)C(C)(C)O1)=C(C)C(C)(C)C. The Kier molecular flexibility index (Phi) is 4.44. The molecule has 1 saturated heterocycles. The third-order valence-corrected chi connectivity index (χ3v) is 4.41. The molecule has 1 aliphatic heterocycles. The lowest BCUT2D eigenvalue weighted by atomic mass is 9.69. The zero-order valence-electron chi connectivity index (χ0n) is 14.0. The minimum Gasteiger partial charge on any atom is -0.399 e. The van der Waals surface area contributed by atoms with Gasteiger partial charge in [-0.3, -0.25) is 0 Å². The lowest BCUT2D eigenvalue weighted by Crippen LogP contribution is -2.41. The van der Waals surface area contributed by atoms with Crippen LogP contribution in [0, 0.1) is 5.41 Å². The molecule has 1 rings (SSSR count). The van der Waals surface area contributed by atoms with Crippen molar-refractivity contribution in [2.45, 2.75) is 73.5 Å². The van der Waals surface area contributed by atoms with Gasteiger partial charge in [-0.2, -0.15) is 0 Å². The van der Waals surface area contributed by atoms with Crippen molar-refractivity contribution in [2.75, 3.05) is 0 Å². The monoisotopic (exact) mass is 264 g/mol. The van der Waals surface area contributed by atoms with Gasteiger partial charge in [-0.05, 0) is 52.4 Å². The summed E-state index contributed by atoms with van der Waals surface area (Å²) in [7, 11) is -0.277. The molecule has 0 aromatic carbocycles. The van der Waals surface area contributed by atoms with Gasteiger partial charge in [0, 0.05) is 0 Å². The summed E-state index contributed by atoms with van der Waals surface area (Å²) in [5.41, 5.74) is 1.99. The first-order valence-electron chi connectivity index (χ1n) is 7.12. The van der Waals surface area contributed by atoms with Crippen molar-refractivity contribution in [3.8, 4) is 0 Å². The molecule has 19 heavy (non-hydrogen) atoms.